The van der Waals surface area contributed by atoms with Gasteiger partial charge in [0.1, 0.15) is 17.5 Å². The van der Waals surface area contributed by atoms with Gasteiger partial charge in [0.15, 0.2) is 6.10 Å². The van der Waals surface area contributed by atoms with Crippen molar-refractivity contribution in [3.63, 3.8) is 0 Å². The molecule has 4 rings (SSSR count). The highest BCUT2D eigenvalue weighted by Crippen LogP contribution is 2.73. The van der Waals surface area contributed by atoms with E-state index in [4.69, 9.17) is 14.2 Å². The number of allylic oxidation sites excluding steroid dienone is 2. The molecule has 4 aliphatic rings. The molecule has 0 aromatic heterocycles. The van der Waals surface area contributed by atoms with E-state index in [1.807, 2.05) is 0 Å². The van der Waals surface area contributed by atoms with Crippen LogP contribution in [0.3, 0.4) is 0 Å². The van der Waals surface area contributed by atoms with Crippen LogP contribution in [0.1, 0.15) is 128 Å². The molecule has 0 bridgehead atoms. The minimum absolute atomic E-state index is 0.0532. The molecule has 0 aromatic rings. The minimum Gasteiger partial charge on any atom is -0.458 e. The summed E-state index contributed by atoms with van der Waals surface area (Å²) in [6.07, 6.45) is 8.38. The first-order valence-electron chi connectivity index (χ1n) is 16.5. The van der Waals surface area contributed by atoms with Crippen molar-refractivity contribution in [1.29, 1.82) is 0 Å². The van der Waals surface area contributed by atoms with Crippen molar-refractivity contribution >= 4 is 23.7 Å². The molecule has 3 saturated carbocycles. The van der Waals surface area contributed by atoms with Crippen LogP contribution >= 0.6 is 0 Å². The third kappa shape index (κ3) is 5.60. The maximum Gasteiger partial charge on any atom is 0.303 e. The first-order valence-corrected chi connectivity index (χ1v) is 16.5. The molecule has 0 N–H and O–H groups in total. The Morgan fingerprint density at radius 3 is 2.14 bits per heavy atom. The van der Waals surface area contributed by atoms with Crippen molar-refractivity contribution in [3.8, 4) is 0 Å². The maximum atomic E-state index is 13.0. The Balaban J connectivity index is 1.63. The van der Waals surface area contributed by atoms with Gasteiger partial charge in [-0.3, -0.25) is 19.2 Å². The van der Waals surface area contributed by atoms with E-state index >= 15 is 0 Å². The lowest BCUT2D eigenvalue weighted by atomic mass is 9.41. The quantitative estimate of drug-likeness (QED) is 0.163. The molecule has 3 fully saturated rings. The second-order valence-electron chi connectivity index (χ2n) is 16.2. The molecule has 0 amide bonds. The highest BCUT2D eigenvalue weighted by atomic mass is 16.6. The van der Waals surface area contributed by atoms with Crippen LogP contribution in [0.15, 0.2) is 11.6 Å². The van der Waals surface area contributed by atoms with Gasteiger partial charge < -0.3 is 14.2 Å². The number of esters is 3. The van der Waals surface area contributed by atoms with Gasteiger partial charge in [0.25, 0.3) is 0 Å². The molecule has 0 heterocycles. The van der Waals surface area contributed by atoms with Crippen molar-refractivity contribution in [2.24, 2.45) is 45.3 Å². The summed E-state index contributed by atoms with van der Waals surface area (Å²) in [4.78, 5) is 49.4. The highest BCUT2D eigenvalue weighted by molar-refractivity contribution is 5.85. The van der Waals surface area contributed by atoms with E-state index < -0.39 is 35.7 Å². The Kier molecular flexibility index (Phi) is 8.87. The van der Waals surface area contributed by atoms with Crippen LogP contribution in [0.4, 0.5) is 0 Å². The molecule has 3 unspecified atom stereocenters. The van der Waals surface area contributed by atoms with Crippen LogP contribution in [0.2, 0.25) is 0 Å². The molecule has 7 nitrogen and oxygen atoms in total. The van der Waals surface area contributed by atoms with Gasteiger partial charge in [0, 0.05) is 32.6 Å². The molecule has 0 saturated heterocycles. The van der Waals surface area contributed by atoms with Crippen LogP contribution < -0.4 is 0 Å². The van der Waals surface area contributed by atoms with Crippen LogP contribution in [0.5, 0.6) is 0 Å². The van der Waals surface area contributed by atoms with E-state index in [0.717, 1.165) is 38.5 Å². The molecular weight excluding hydrogens is 544 g/mol. The van der Waals surface area contributed by atoms with Gasteiger partial charge >= 0.3 is 17.9 Å². The second kappa shape index (κ2) is 11.3. The van der Waals surface area contributed by atoms with E-state index in [0.29, 0.717) is 36.4 Å². The third-order valence-corrected chi connectivity index (χ3v) is 13.0. The van der Waals surface area contributed by atoms with Gasteiger partial charge in [-0.25, -0.2) is 0 Å². The first-order chi connectivity index (χ1) is 19.7. The number of Topliss-reactive ketones (excluding diaryl/α,β-unsaturated/α-hetero) is 1. The van der Waals surface area contributed by atoms with E-state index in [9.17, 15) is 19.2 Å². The molecule has 0 spiro atoms. The summed E-state index contributed by atoms with van der Waals surface area (Å²) in [5.41, 5.74) is 0.393. The first kappa shape index (κ1) is 33.7. The number of carbonyl (C=O) groups excluding carboxylic acids is 4. The maximum absolute atomic E-state index is 13.0. The number of ether oxygens (including phenoxy) is 3. The van der Waals surface area contributed by atoms with Crippen molar-refractivity contribution in [2.75, 3.05) is 0 Å². The van der Waals surface area contributed by atoms with Crippen molar-refractivity contribution < 1.29 is 33.4 Å². The van der Waals surface area contributed by atoms with Crippen molar-refractivity contribution in [3.05, 3.63) is 11.6 Å². The fraction of sp³-hybridized carbons (Fsp3) is 0.833. The van der Waals surface area contributed by atoms with Crippen LogP contribution in [0.25, 0.3) is 0 Å². The number of fused-ring (bicyclic) bond motifs is 5. The lowest BCUT2D eigenvalue weighted by Crippen LogP contribution is -2.57. The lowest BCUT2D eigenvalue weighted by molar-refractivity contribution is -0.199. The second-order valence-corrected chi connectivity index (χ2v) is 16.2. The third-order valence-electron chi connectivity index (χ3n) is 13.0. The zero-order chi connectivity index (χ0) is 32.3. The molecule has 242 valence electrons. The Hall–Kier alpha value is -2.18. The van der Waals surface area contributed by atoms with E-state index in [1.165, 1.54) is 20.8 Å². The fourth-order valence-corrected chi connectivity index (χ4v) is 10.7. The zero-order valence-corrected chi connectivity index (χ0v) is 28.6. The van der Waals surface area contributed by atoms with Gasteiger partial charge in [-0.15, -0.1) is 0 Å². The summed E-state index contributed by atoms with van der Waals surface area (Å²) in [7, 11) is 0. The smallest absolute Gasteiger partial charge is 0.303 e. The van der Waals surface area contributed by atoms with E-state index in [1.54, 1.807) is 19.4 Å². The lowest BCUT2D eigenvalue weighted by Gasteiger charge is -2.63. The summed E-state index contributed by atoms with van der Waals surface area (Å²) in [6, 6.07) is 0. The Morgan fingerprint density at radius 2 is 1.56 bits per heavy atom. The van der Waals surface area contributed by atoms with Crippen LogP contribution in [-0.2, 0) is 33.4 Å². The average molecular weight is 601 g/mol. The van der Waals surface area contributed by atoms with Crippen LogP contribution in [-0.4, -0.2) is 41.5 Å². The molecular formula is C36H56O7. The van der Waals surface area contributed by atoms with Crippen molar-refractivity contribution in [2.45, 2.75) is 145 Å². The molecule has 4 aliphatic carbocycles. The number of ketones is 1. The van der Waals surface area contributed by atoms with Crippen molar-refractivity contribution in [1.82, 2.24) is 0 Å². The average Bonchev–Trinajstić information content (AvgIpc) is 3.15. The Labute approximate surface area is 259 Å². The SMILES string of the molecule is CC(=O)O[C@H](CC(C)[C@@H]1CC[C@]2(C)C3=CCC4C(C)(C)C(=O)CC[C@]4(C)C3CC[C@@]12C)[C@H](OC(C)=O)C(C)(C)OC(C)=O. The Bertz CT molecular complexity index is 1180. The normalized spacial score (nSPS) is 37.0. The largest absolute Gasteiger partial charge is 0.458 e. The van der Waals surface area contributed by atoms with Crippen LogP contribution in [0, 0.1) is 45.3 Å². The molecule has 43 heavy (non-hydrogen) atoms. The number of carbonyl (C=O) groups is 4. The zero-order valence-electron chi connectivity index (χ0n) is 28.6. The van der Waals surface area contributed by atoms with Gasteiger partial charge in [-0.2, -0.15) is 0 Å². The minimum atomic E-state index is -1.18. The summed E-state index contributed by atoms with van der Waals surface area (Å²) >= 11 is 0. The van der Waals surface area contributed by atoms with E-state index in [-0.39, 0.29) is 27.6 Å². The van der Waals surface area contributed by atoms with E-state index in [2.05, 4.69) is 47.6 Å². The molecule has 0 aromatic carbocycles. The predicted molar refractivity (Wildman–Crippen MR) is 165 cm³/mol. The summed E-state index contributed by atoms with van der Waals surface area (Å²) in [6.45, 7) is 21.4. The monoisotopic (exact) mass is 600 g/mol. The topological polar surface area (TPSA) is 96.0 Å². The number of rotatable bonds is 8. The number of hydrogen-bond acceptors (Lipinski definition) is 7. The van der Waals surface area contributed by atoms with Gasteiger partial charge in [0.2, 0.25) is 0 Å². The summed E-state index contributed by atoms with van der Waals surface area (Å²) < 4.78 is 17.2. The van der Waals surface area contributed by atoms with Gasteiger partial charge in [-0.05, 0) is 98.7 Å². The summed E-state index contributed by atoms with van der Waals surface area (Å²) in [5.74, 6) is 0.367. The molecule has 9 atom stereocenters. The fourth-order valence-electron chi connectivity index (χ4n) is 10.7. The number of hydrogen-bond donors (Lipinski definition) is 0. The summed E-state index contributed by atoms with van der Waals surface area (Å²) in [5, 5.41) is 0. The standard InChI is InChI=1S/C36H56O7/c1-21(20-28(41-22(2)37)31(42-23(3)38)33(7,8)43-24(4)39)25-14-18-36(11)27-12-13-29-32(5,6)30(40)16-17-34(29,9)26(27)15-19-35(25,36)10/h12,21,25-26,28-29,31H,13-20H2,1-11H3/t21?,25-,26?,28+,29?,31-,34+,35-,36+/m0/s1. The predicted octanol–water partition coefficient (Wildman–Crippen LogP) is 7.39. The van der Waals surface area contributed by atoms with Gasteiger partial charge in [-0.1, -0.05) is 53.2 Å². The Morgan fingerprint density at radius 1 is 0.930 bits per heavy atom. The van der Waals surface area contributed by atoms with Gasteiger partial charge in [0.05, 0.1) is 0 Å². The molecule has 7 heteroatoms. The molecule has 0 radical (unpaired) electrons. The molecule has 0 aliphatic heterocycles. The highest BCUT2D eigenvalue weighted by Gasteiger charge is 2.65.